The van der Waals surface area contributed by atoms with Crippen molar-refractivity contribution in [3.05, 3.63) is 18.0 Å². The number of nitrogens with one attached hydrogen (secondary N) is 1. The minimum atomic E-state index is -0.838. The number of amides is 1. The first-order valence-corrected chi connectivity index (χ1v) is 5.56. The van der Waals surface area contributed by atoms with Crippen LogP contribution >= 0.6 is 0 Å². The number of hydrogen-bond acceptors (Lipinski definition) is 4. The smallest absolute Gasteiger partial charge is 0.311 e. The number of hydrogen-bond donors (Lipinski definition) is 2. The van der Waals surface area contributed by atoms with Crippen LogP contribution in [0.25, 0.3) is 0 Å². The van der Waals surface area contributed by atoms with Crippen LogP contribution in [0.15, 0.2) is 16.9 Å². The second-order valence-corrected chi connectivity index (χ2v) is 4.36. The van der Waals surface area contributed by atoms with Crippen LogP contribution in [0, 0.1) is 5.41 Å². The van der Waals surface area contributed by atoms with E-state index in [4.69, 9.17) is 0 Å². The van der Waals surface area contributed by atoms with Crippen molar-refractivity contribution in [1.29, 1.82) is 0 Å². The molecule has 0 spiro atoms. The molecule has 1 saturated carbocycles. The van der Waals surface area contributed by atoms with Crippen LogP contribution in [0.2, 0.25) is 0 Å². The highest BCUT2D eigenvalue weighted by molar-refractivity contribution is 5.92. The molecule has 0 bridgehead atoms. The fraction of sp³-hybridized carbons (Fsp3) is 0.545. The normalized spacial score (nSPS) is 17.9. The van der Waals surface area contributed by atoms with E-state index in [2.05, 4.69) is 15.0 Å². The summed E-state index contributed by atoms with van der Waals surface area (Å²) >= 11 is 0. The van der Waals surface area contributed by atoms with Crippen LogP contribution in [-0.2, 0) is 4.79 Å². The Labute approximate surface area is 98.0 Å². The highest BCUT2D eigenvalue weighted by Gasteiger charge is 2.41. The Balaban J connectivity index is 1.97. The molecule has 0 aliphatic heterocycles. The average molecular weight is 238 g/mol. The fourth-order valence-corrected chi connectivity index (χ4v) is 2.19. The molecule has 1 heterocycles. The molecule has 1 amide bonds. The summed E-state index contributed by atoms with van der Waals surface area (Å²) in [6, 6.07) is 1.44. The van der Waals surface area contributed by atoms with Crippen molar-refractivity contribution in [1.82, 2.24) is 10.5 Å². The van der Waals surface area contributed by atoms with Crippen molar-refractivity contribution in [2.45, 2.75) is 25.7 Å². The van der Waals surface area contributed by atoms with Gasteiger partial charge in [0.25, 0.3) is 5.91 Å². The zero-order valence-corrected chi connectivity index (χ0v) is 9.31. The zero-order chi connectivity index (χ0) is 12.3. The minimum absolute atomic E-state index is 0.147. The van der Waals surface area contributed by atoms with Crippen LogP contribution in [0.4, 0.5) is 0 Å². The third-order valence-electron chi connectivity index (χ3n) is 3.27. The van der Waals surface area contributed by atoms with Crippen molar-refractivity contribution >= 4 is 11.9 Å². The molecule has 1 aliphatic carbocycles. The molecule has 0 unspecified atom stereocenters. The number of carboxylic acid groups (broad SMARTS) is 1. The van der Waals surface area contributed by atoms with Crippen molar-refractivity contribution in [2.24, 2.45) is 5.41 Å². The summed E-state index contributed by atoms with van der Waals surface area (Å²) < 4.78 is 4.55. The molecule has 6 heteroatoms. The average Bonchev–Trinajstić information content (AvgIpc) is 2.97. The zero-order valence-electron chi connectivity index (χ0n) is 9.31. The Morgan fingerprint density at radius 1 is 1.47 bits per heavy atom. The Bertz CT molecular complexity index is 407. The number of aromatic nitrogens is 1. The van der Waals surface area contributed by atoms with Crippen molar-refractivity contribution < 1.29 is 19.2 Å². The van der Waals surface area contributed by atoms with Crippen LogP contribution in [-0.4, -0.2) is 28.7 Å². The summed E-state index contributed by atoms with van der Waals surface area (Å²) in [5, 5.41) is 15.3. The molecule has 1 aromatic rings. The van der Waals surface area contributed by atoms with Crippen molar-refractivity contribution in [3.63, 3.8) is 0 Å². The second-order valence-electron chi connectivity index (χ2n) is 4.36. The molecular formula is C11H14N2O4. The predicted octanol–water partition coefficient (Wildman–Crippen LogP) is 1.05. The summed E-state index contributed by atoms with van der Waals surface area (Å²) in [7, 11) is 0. The number of carboxylic acids is 1. The Hall–Kier alpha value is -1.85. The van der Waals surface area contributed by atoms with Gasteiger partial charge in [-0.15, -0.1) is 0 Å². The largest absolute Gasteiger partial charge is 0.481 e. The third-order valence-corrected chi connectivity index (χ3v) is 3.27. The number of carbonyl (C=O) groups is 2. The van der Waals surface area contributed by atoms with Crippen molar-refractivity contribution in [2.75, 3.05) is 6.54 Å². The third kappa shape index (κ3) is 2.30. The first-order valence-electron chi connectivity index (χ1n) is 5.56. The molecule has 0 radical (unpaired) electrons. The molecule has 2 N–H and O–H groups in total. The van der Waals surface area contributed by atoms with E-state index in [-0.39, 0.29) is 12.2 Å². The molecule has 1 aromatic heterocycles. The van der Waals surface area contributed by atoms with E-state index in [1.165, 1.54) is 12.3 Å². The van der Waals surface area contributed by atoms with Gasteiger partial charge in [0, 0.05) is 12.6 Å². The van der Waals surface area contributed by atoms with E-state index >= 15 is 0 Å². The van der Waals surface area contributed by atoms with Crippen LogP contribution < -0.4 is 5.32 Å². The Morgan fingerprint density at radius 2 is 2.18 bits per heavy atom. The van der Waals surface area contributed by atoms with Gasteiger partial charge in [-0.25, -0.2) is 0 Å². The maximum atomic E-state index is 11.6. The summed E-state index contributed by atoms with van der Waals surface area (Å²) in [5.41, 5.74) is -0.636. The van der Waals surface area contributed by atoms with Crippen molar-refractivity contribution in [3.8, 4) is 0 Å². The van der Waals surface area contributed by atoms with Gasteiger partial charge >= 0.3 is 5.97 Å². The first-order chi connectivity index (χ1) is 8.14. The Morgan fingerprint density at radius 3 is 2.71 bits per heavy atom. The molecule has 2 rings (SSSR count). The molecule has 1 fully saturated rings. The monoisotopic (exact) mass is 238 g/mol. The maximum absolute atomic E-state index is 11.6. The first kappa shape index (κ1) is 11.6. The van der Waals surface area contributed by atoms with E-state index in [1.54, 1.807) is 0 Å². The van der Waals surface area contributed by atoms with Gasteiger partial charge in [0.15, 0.2) is 5.69 Å². The molecule has 17 heavy (non-hydrogen) atoms. The highest BCUT2D eigenvalue weighted by atomic mass is 16.5. The van der Waals surface area contributed by atoms with Gasteiger partial charge in [0.1, 0.15) is 6.26 Å². The maximum Gasteiger partial charge on any atom is 0.311 e. The predicted molar refractivity (Wildman–Crippen MR) is 57.4 cm³/mol. The van der Waals surface area contributed by atoms with Gasteiger partial charge in [-0.3, -0.25) is 9.59 Å². The second kappa shape index (κ2) is 4.57. The lowest BCUT2D eigenvalue weighted by Gasteiger charge is -2.23. The van der Waals surface area contributed by atoms with E-state index in [0.29, 0.717) is 12.8 Å². The number of aliphatic carboxylic acids is 1. The van der Waals surface area contributed by atoms with E-state index in [9.17, 15) is 14.7 Å². The minimum Gasteiger partial charge on any atom is -0.481 e. The van der Waals surface area contributed by atoms with E-state index in [1.807, 2.05) is 0 Å². The summed E-state index contributed by atoms with van der Waals surface area (Å²) in [6.45, 7) is 0.147. The lowest BCUT2D eigenvalue weighted by molar-refractivity contribution is -0.148. The summed E-state index contributed by atoms with van der Waals surface area (Å²) in [6.07, 6.45) is 4.32. The number of rotatable bonds is 4. The van der Waals surface area contributed by atoms with Crippen LogP contribution in [0.5, 0.6) is 0 Å². The van der Waals surface area contributed by atoms with Gasteiger partial charge in [0.2, 0.25) is 0 Å². The number of carbonyl (C=O) groups excluding carboxylic acids is 1. The molecule has 0 aromatic carbocycles. The van der Waals surface area contributed by atoms with Gasteiger partial charge in [0.05, 0.1) is 5.41 Å². The van der Waals surface area contributed by atoms with Crippen LogP contribution in [0.1, 0.15) is 36.2 Å². The topological polar surface area (TPSA) is 92.4 Å². The highest BCUT2D eigenvalue weighted by Crippen LogP contribution is 2.37. The van der Waals surface area contributed by atoms with Gasteiger partial charge in [-0.1, -0.05) is 18.0 Å². The van der Waals surface area contributed by atoms with E-state index in [0.717, 1.165) is 12.8 Å². The molecule has 0 atom stereocenters. The Kier molecular flexibility index (Phi) is 3.12. The van der Waals surface area contributed by atoms with Gasteiger partial charge < -0.3 is 14.9 Å². The fourth-order valence-electron chi connectivity index (χ4n) is 2.19. The summed E-state index contributed by atoms with van der Waals surface area (Å²) in [5.74, 6) is -1.23. The molecule has 6 nitrogen and oxygen atoms in total. The lowest BCUT2D eigenvalue weighted by Crippen LogP contribution is -2.41. The van der Waals surface area contributed by atoms with Gasteiger partial charge in [-0.2, -0.15) is 0 Å². The number of nitrogens with zero attached hydrogens (tertiary/aromatic N) is 1. The molecule has 1 aliphatic rings. The van der Waals surface area contributed by atoms with E-state index < -0.39 is 17.3 Å². The van der Waals surface area contributed by atoms with Gasteiger partial charge in [-0.05, 0) is 12.8 Å². The molecular weight excluding hydrogens is 224 g/mol. The summed E-state index contributed by atoms with van der Waals surface area (Å²) in [4.78, 5) is 22.8. The lowest BCUT2D eigenvalue weighted by atomic mass is 9.86. The molecule has 0 saturated heterocycles. The SMILES string of the molecule is O=C(NCC1(C(=O)O)CCCC1)c1ccon1. The standard InChI is InChI=1S/C11H14N2O4/c14-9(8-3-6-17-13-8)12-7-11(10(15)16)4-1-2-5-11/h3,6H,1-2,4-5,7H2,(H,12,14)(H,15,16). The van der Waals surface area contributed by atoms with Crippen LogP contribution in [0.3, 0.4) is 0 Å². The molecule has 92 valence electrons. The quantitative estimate of drug-likeness (QED) is 0.817.